The van der Waals surface area contributed by atoms with Gasteiger partial charge in [-0.1, -0.05) is 0 Å². The summed E-state index contributed by atoms with van der Waals surface area (Å²) in [5.74, 6) is 0.246. The molecule has 1 aromatic rings. The van der Waals surface area contributed by atoms with Gasteiger partial charge in [-0.15, -0.1) is 0 Å². The quantitative estimate of drug-likeness (QED) is 0.853. The van der Waals surface area contributed by atoms with Crippen LogP contribution in [0.25, 0.3) is 0 Å². The summed E-state index contributed by atoms with van der Waals surface area (Å²) in [7, 11) is 0. The average Bonchev–Trinajstić information content (AvgIpc) is 2.83. The summed E-state index contributed by atoms with van der Waals surface area (Å²) < 4.78 is 58.4. The van der Waals surface area contributed by atoms with Crippen LogP contribution in [0.5, 0.6) is 5.88 Å². The van der Waals surface area contributed by atoms with Gasteiger partial charge in [0.25, 0.3) is 0 Å². The maximum Gasteiger partial charge on any atom is 0.394 e. The Hall–Kier alpha value is -1.20. The van der Waals surface area contributed by atoms with Crippen LogP contribution in [0.1, 0.15) is 28.4 Å². The molecule has 6 heteroatoms. The van der Waals surface area contributed by atoms with E-state index in [1.54, 1.807) is 0 Å². The molecular formula is C10H13F3N2O. The molecule has 0 saturated heterocycles. The number of hydrogen-bond donors (Lipinski definition) is 1. The van der Waals surface area contributed by atoms with E-state index < -0.39 is 31.0 Å². The molecule has 1 N–H and O–H groups in total. The van der Waals surface area contributed by atoms with Crippen LogP contribution in [0.3, 0.4) is 0 Å². The Morgan fingerprint density at radius 3 is 2.81 bits per heavy atom. The molecule has 1 aliphatic rings. The van der Waals surface area contributed by atoms with E-state index in [1.807, 2.05) is 0 Å². The lowest BCUT2D eigenvalue weighted by Gasteiger charge is -2.18. The van der Waals surface area contributed by atoms with Crippen LogP contribution < -0.4 is 4.74 Å². The van der Waals surface area contributed by atoms with Crippen molar-refractivity contribution in [1.29, 1.82) is 0 Å². The summed E-state index contributed by atoms with van der Waals surface area (Å²) in [4.78, 5) is 0. The minimum atomic E-state index is -4.34. The molecule has 1 aliphatic carbocycles. The number of H-pyrrole nitrogens is 1. The summed E-state index contributed by atoms with van der Waals surface area (Å²) >= 11 is 0. The van der Waals surface area contributed by atoms with Crippen molar-refractivity contribution in [1.82, 2.24) is 10.2 Å². The minimum absolute atomic E-state index is 0.0000670. The molecule has 0 unspecified atom stereocenters. The molecule has 1 aromatic heterocycles. The zero-order chi connectivity index (χ0) is 13.4. The van der Waals surface area contributed by atoms with Crippen LogP contribution in [0.4, 0.5) is 13.2 Å². The molecule has 1 fully saturated rings. The number of ether oxygens (including phenoxy) is 1. The van der Waals surface area contributed by atoms with Gasteiger partial charge in [-0.2, -0.15) is 18.3 Å². The molecular weight excluding hydrogens is 221 g/mol. The van der Waals surface area contributed by atoms with Crippen molar-refractivity contribution < 1.29 is 20.6 Å². The van der Waals surface area contributed by atoms with Crippen LogP contribution in [0.2, 0.25) is 0 Å². The normalized spacial score (nSPS) is 21.2. The van der Waals surface area contributed by atoms with Gasteiger partial charge in [-0.05, 0) is 25.6 Å². The average molecular weight is 236 g/mol. The summed E-state index contributed by atoms with van der Waals surface area (Å²) in [6.07, 6.45) is -5.49. The monoisotopic (exact) mass is 236 g/mol. The summed E-state index contributed by atoms with van der Waals surface area (Å²) in [6.45, 7) is -0.424. The van der Waals surface area contributed by atoms with Crippen LogP contribution in [0, 0.1) is 5.41 Å². The van der Waals surface area contributed by atoms with E-state index in [9.17, 15) is 13.2 Å². The zero-order valence-electron chi connectivity index (χ0n) is 10.5. The number of aromatic amines is 1. The molecule has 1 heterocycles. The number of halogens is 3. The van der Waals surface area contributed by atoms with Gasteiger partial charge >= 0.3 is 6.18 Å². The Kier molecular flexibility index (Phi) is 2.22. The topological polar surface area (TPSA) is 37.9 Å². The predicted molar refractivity (Wildman–Crippen MR) is 51.0 cm³/mol. The van der Waals surface area contributed by atoms with E-state index in [0.717, 1.165) is 0 Å². The van der Waals surface area contributed by atoms with Crippen molar-refractivity contribution in [2.75, 3.05) is 6.61 Å². The molecule has 0 radical (unpaired) electrons. The highest BCUT2D eigenvalue weighted by Gasteiger charge is 2.62. The first kappa shape index (κ1) is 8.90. The summed E-state index contributed by atoms with van der Waals surface area (Å²) in [5, 5.41) is 6.05. The van der Waals surface area contributed by atoms with Crippen LogP contribution in [-0.4, -0.2) is 23.0 Å². The SMILES string of the molecule is [2H]C([2H])(COc1ccn[nH]1)CC1(C(F)(F)F)CC1. The van der Waals surface area contributed by atoms with Crippen molar-refractivity contribution in [3.8, 4) is 5.88 Å². The van der Waals surface area contributed by atoms with Gasteiger partial charge < -0.3 is 4.74 Å². The second kappa shape index (κ2) is 3.99. The second-order valence-electron chi connectivity index (χ2n) is 3.91. The van der Waals surface area contributed by atoms with Crippen molar-refractivity contribution in [2.24, 2.45) is 5.41 Å². The highest BCUT2D eigenvalue weighted by Crippen LogP contribution is 2.60. The standard InChI is InChI=1S/C10H13F3N2O/c11-10(12,13)9(4-5-9)3-1-7-16-8-2-6-14-15-8/h2,6H,1,3-5,7H2,(H,14,15)/i1D2. The van der Waals surface area contributed by atoms with Gasteiger partial charge in [0.1, 0.15) is 0 Å². The van der Waals surface area contributed by atoms with E-state index in [-0.39, 0.29) is 18.7 Å². The Labute approximate surface area is 93.8 Å². The third-order valence-electron chi connectivity index (χ3n) is 2.72. The van der Waals surface area contributed by atoms with E-state index >= 15 is 0 Å². The van der Waals surface area contributed by atoms with Crippen LogP contribution >= 0.6 is 0 Å². The maximum atomic E-state index is 12.7. The number of hydrogen-bond acceptors (Lipinski definition) is 2. The summed E-state index contributed by atoms with van der Waals surface area (Å²) in [5.41, 5.74) is -1.85. The Bertz CT molecular complexity index is 402. The van der Waals surface area contributed by atoms with Crippen LogP contribution in [-0.2, 0) is 0 Å². The minimum Gasteiger partial charge on any atom is -0.478 e. The van der Waals surface area contributed by atoms with Crippen molar-refractivity contribution in [3.63, 3.8) is 0 Å². The number of nitrogens with one attached hydrogen (secondary N) is 1. The molecule has 0 aliphatic heterocycles. The summed E-state index contributed by atoms with van der Waals surface area (Å²) in [6, 6.07) is 1.48. The fourth-order valence-electron chi connectivity index (χ4n) is 1.45. The highest BCUT2D eigenvalue weighted by atomic mass is 19.4. The second-order valence-corrected chi connectivity index (χ2v) is 3.91. The van der Waals surface area contributed by atoms with E-state index in [2.05, 4.69) is 10.2 Å². The van der Waals surface area contributed by atoms with Gasteiger partial charge in [0.05, 0.1) is 18.2 Å². The molecule has 0 bridgehead atoms. The fraction of sp³-hybridized carbons (Fsp3) is 0.700. The van der Waals surface area contributed by atoms with Gasteiger partial charge in [0.15, 0.2) is 0 Å². The van der Waals surface area contributed by atoms with Gasteiger partial charge in [-0.25, -0.2) is 5.10 Å². The predicted octanol–water partition coefficient (Wildman–Crippen LogP) is 2.91. The molecule has 3 nitrogen and oxygen atoms in total. The van der Waals surface area contributed by atoms with Gasteiger partial charge in [0.2, 0.25) is 5.88 Å². The third-order valence-corrected chi connectivity index (χ3v) is 2.72. The number of aromatic nitrogens is 2. The van der Waals surface area contributed by atoms with Crippen molar-refractivity contribution in [2.45, 2.75) is 31.8 Å². The first-order valence-corrected chi connectivity index (χ1v) is 4.93. The van der Waals surface area contributed by atoms with Gasteiger partial charge in [-0.3, -0.25) is 0 Å². The lowest BCUT2D eigenvalue weighted by Crippen LogP contribution is -2.24. The smallest absolute Gasteiger partial charge is 0.394 e. The number of nitrogens with zero attached hydrogens (tertiary/aromatic N) is 1. The van der Waals surface area contributed by atoms with Crippen LogP contribution in [0.15, 0.2) is 12.3 Å². The lowest BCUT2D eigenvalue weighted by atomic mass is 10.0. The molecule has 16 heavy (non-hydrogen) atoms. The number of rotatable bonds is 5. The molecule has 0 atom stereocenters. The Morgan fingerprint density at radius 2 is 2.31 bits per heavy atom. The first-order chi connectivity index (χ1) is 8.24. The Morgan fingerprint density at radius 1 is 1.56 bits per heavy atom. The van der Waals surface area contributed by atoms with E-state index in [4.69, 9.17) is 7.48 Å². The van der Waals surface area contributed by atoms with Gasteiger partial charge in [0, 0.05) is 8.81 Å². The molecule has 2 rings (SSSR count). The first-order valence-electron chi connectivity index (χ1n) is 5.93. The number of alkyl halides is 3. The molecule has 0 aromatic carbocycles. The molecule has 0 spiro atoms. The third kappa shape index (κ3) is 2.31. The molecule has 90 valence electrons. The highest BCUT2D eigenvalue weighted by molar-refractivity contribution is 5.04. The largest absolute Gasteiger partial charge is 0.478 e. The lowest BCUT2D eigenvalue weighted by molar-refractivity contribution is -0.189. The van der Waals surface area contributed by atoms with E-state index in [0.29, 0.717) is 0 Å². The Balaban J connectivity index is 1.91. The fourth-order valence-corrected chi connectivity index (χ4v) is 1.45. The van der Waals surface area contributed by atoms with E-state index in [1.165, 1.54) is 12.3 Å². The maximum absolute atomic E-state index is 12.7. The molecule has 1 saturated carbocycles. The van der Waals surface area contributed by atoms with Crippen molar-refractivity contribution >= 4 is 0 Å². The zero-order valence-corrected chi connectivity index (χ0v) is 8.47. The molecule has 0 amide bonds. The van der Waals surface area contributed by atoms with Crippen molar-refractivity contribution in [3.05, 3.63) is 12.3 Å².